The SMILES string of the molecule is C.CCCCCCCCCCCCCCCCI. The average molecular weight is 368 g/mol. The van der Waals surface area contributed by atoms with Crippen LogP contribution < -0.4 is 0 Å². The van der Waals surface area contributed by atoms with Crippen molar-refractivity contribution in [3.63, 3.8) is 0 Å². The molecule has 0 aromatic rings. The van der Waals surface area contributed by atoms with E-state index in [1.54, 1.807) is 0 Å². The Morgan fingerprint density at radius 1 is 0.500 bits per heavy atom. The van der Waals surface area contributed by atoms with Gasteiger partial charge in [0.15, 0.2) is 0 Å². The normalized spacial score (nSPS) is 10.3. The first-order valence-corrected chi connectivity index (χ1v) is 9.50. The van der Waals surface area contributed by atoms with Gasteiger partial charge in [-0.05, 0) is 10.8 Å². The maximum absolute atomic E-state index is 2.48. The molecule has 0 heterocycles. The maximum Gasteiger partial charge on any atom is -0.000473 e. The summed E-state index contributed by atoms with van der Waals surface area (Å²) in [5, 5.41) is 0. The van der Waals surface area contributed by atoms with Crippen molar-refractivity contribution in [3.8, 4) is 0 Å². The first kappa shape index (κ1) is 21.0. The number of hydrogen-bond acceptors (Lipinski definition) is 0. The molecular formula is C17H37I. The van der Waals surface area contributed by atoms with Gasteiger partial charge in [0.25, 0.3) is 0 Å². The molecule has 0 bridgehead atoms. The summed E-state index contributed by atoms with van der Waals surface area (Å²) in [7, 11) is 0. The monoisotopic (exact) mass is 368 g/mol. The minimum absolute atomic E-state index is 0. The van der Waals surface area contributed by atoms with Crippen LogP contribution in [0.4, 0.5) is 0 Å². The van der Waals surface area contributed by atoms with Crippen molar-refractivity contribution in [1.29, 1.82) is 0 Å². The fraction of sp³-hybridized carbons (Fsp3) is 1.00. The standard InChI is InChI=1S/C16H33I.CH4/c1-2-3-4-5-6-7-8-9-10-11-12-13-14-15-16-17;/h2-16H2,1H3;1H4. The quantitative estimate of drug-likeness (QED) is 0.169. The van der Waals surface area contributed by atoms with Crippen molar-refractivity contribution in [2.45, 2.75) is 104 Å². The third kappa shape index (κ3) is 19.1. The minimum Gasteiger partial charge on any atom is -0.0864 e. The zero-order chi connectivity index (χ0) is 12.6. The van der Waals surface area contributed by atoms with Crippen molar-refractivity contribution in [3.05, 3.63) is 0 Å². The number of halogens is 1. The van der Waals surface area contributed by atoms with Crippen LogP contribution >= 0.6 is 22.6 Å². The Bertz CT molecular complexity index is 109. The smallest absolute Gasteiger partial charge is 0.000473 e. The van der Waals surface area contributed by atoms with Crippen LogP contribution in [0.2, 0.25) is 0 Å². The number of alkyl halides is 1. The molecule has 0 N–H and O–H groups in total. The second-order valence-corrected chi connectivity index (χ2v) is 6.36. The molecule has 0 spiro atoms. The van der Waals surface area contributed by atoms with E-state index < -0.39 is 0 Å². The second kappa shape index (κ2) is 20.1. The molecule has 0 radical (unpaired) electrons. The summed E-state index contributed by atoms with van der Waals surface area (Å²) in [5.41, 5.74) is 0. The molecule has 0 aliphatic heterocycles. The van der Waals surface area contributed by atoms with Crippen LogP contribution in [0.3, 0.4) is 0 Å². The lowest BCUT2D eigenvalue weighted by Crippen LogP contribution is -1.83. The highest BCUT2D eigenvalue weighted by Crippen LogP contribution is 2.13. The first-order chi connectivity index (χ1) is 8.41. The van der Waals surface area contributed by atoms with Crippen LogP contribution in [0.5, 0.6) is 0 Å². The molecule has 112 valence electrons. The fourth-order valence-corrected chi connectivity index (χ4v) is 2.83. The van der Waals surface area contributed by atoms with Crippen LogP contribution in [0.25, 0.3) is 0 Å². The maximum atomic E-state index is 2.48. The molecule has 0 nitrogen and oxygen atoms in total. The van der Waals surface area contributed by atoms with Crippen LogP contribution in [0, 0.1) is 0 Å². The number of hydrogen-bond donors (Lipinski definition) is 0. The molecule has 0 saturated carbocycles. The van der Waals surface area contributed by atoms with Gasteiger partial charge in [-0.1, -0.05) is 120 Å². The Balaban J connectivity index is 0. The zero-order valence-corrected chi connectivity index (χ0v) is 14.1. The van der Waals surface area contributed by atoms with E-state index in [-0.39, 0.29) is 7.43 Å². The molecule has 18 heavy (non-hydrogen) atoms. The van der Waals surface area contributed by atoms with Crippen molar-refractivity contribution in [1.82, 2.24) is 0 Å². The van der Waals surface area contributed by atoms with Crippen molar-refractivity contribution >= 4 is 22.6 Å². The molecular weight excluding hydrogens is 331 g/mol. The number of unbranched alkanes of at least 4 members (excludes halogenated alkanes) is 13. The largest absolute Gasteiger partial charge is 0.0864 e. The van der Waals surface area contributed by atoms with Gasteiger partial charge in [0, 0.05) is 0 Å². The average Bonchev–Trinajstić information content (AvgIpc) is 2.35. The summed E-state index contributed by atoms with van der Waals surface area (Å²) in [6, 6.07) is 0. The van der Waals surface area contributed by atoms with Gasteiger partial charge in [-0.2, -0.15) is 0 Å². The van der Waals surface area contributed by atoms with Crippen molar-refractivity contribution < 1.29 is 0 Å². The molecule has 0 aliphatic carbocycles. The Hall–Kier alpha value is 0.730. The van der Waals surface area contributed by atoms with Gasteiger partial charge < -0.3 is 0 Å². The fourth-order valence-electron chi connectivity index (χ4n) is 2.29. The summed E-state index contributed by atoms with van der Waals surface area (Å²) < 4.78 is 1.34. The van der Waals surface area contributed by atoms with Crippen LogP contribution in [0.1, 0.15) is 104 Å². The van der Waals surface area contributed by atoms with E-state index in [0.29, 0.717) is 0 Å². The van der Waals surface area contributed by atoms with E-state index in [9.17, 15) is 0 Å². The molecule has 0 atom stereocenters. The van der Waals surface area contributed by atoms with E-state index >= 15 is 0 Å². The third-order valence-electron chi connectivity index (χ3n) is 3.49. The Kier molecular flexibility index (Phi) is 23.4. The Labute approximate surface area is 131 Å². The predicted molar refractivity (Wildman–Crippen MR) is 95.9 cm³/mol. The molecule has 0 unspecified atom stereocenters. The predicted octanol–water partition coefficient (Wildman–Crippen LogP) is 7.54. The molecule has 0 fully saturated rings. The molecule has 0 amide bonds. The summed E-state index contributed by atoms with van der Waals surface area (Å²) in [4.78, 5) is 0. The van der Waals surface area contributed by atoms with Crippen molar-refractivity contribution in [2.24, 2.45) is 0 Å². The van der Waals surface area contributed by atoms with Crippen LogP contribution in [-0.2, 0) is 0 Å². The van der Waals surface area contributed by atoms with Gasteiger partial charge in [-0.3, -0.25) is 0 Å². The highest BCUT2D eigenvalue weighted by atomic mass is 127. The van der Waals surface area contributed by atoms with Crippen molar-refractivity contribution in [2.75, 3.05) is 4.43 Å². The van der Waals surface area contributed by atoms with E-state index in [4.69, 9.17) is 0 Å². The lowest BCUT2D eigenvalue weighted by Gasteiger charge is -2.02. The summed E-state index contributed by atoms with van der Waals surface area (Å²) in [6.45, 7) is 2.29. The minimum atomic E-state index is 0. The van der Waals surface area contributed by atoms with E-state index in [1.165, 1.54) is 94.3 Å². The number of rotatable bonds is 14. The van der Waals surface area contributed by atoms with Gasteiger partial charge in [-0.15, -0.1) is 0 Å². The molecule has 0 aromatic carbocycles. The molecule has 1 heteroatoms. The Morgan fingerprint density at radius 3 is 1.06 bits per heavy atom. The van der Waals surface area contributed by atoms with E-state index in [1.807, 2.05) is 0 Å². The van der Waals surface area contributed by atoms with Gasteiger partial charge in [0.1, 0.15) is 0 Å². The van der Waals surface area contributed by atoms with E-state index in [0.717, 1.165) is 0 Å². The summed E-state index contributed by atoms with van der Waals surface area (Å²) >= 11 is 2.48. The lowest BCUT2D eigenvalue weighted by molar-refractivity contribution is 0.539. The first-order valence-electron chi connectivity index (χ1n) is 7.97. The van der Waals surface area contributed by atoms with Gasteiger partial charge in [-0.25, -0.2) is 0 Å². The summed E-state index contributed by atoms with van der Waals surface area (Å²) in [6.07, 6.45) is 20.5. The third-order valence-corrected chi connectivity index (χ3v) is 4.25. The molecule has 0 aromatic heterocycles. The van der Waals surface area contributed by atoms with E-state index in [2.05, 4.69) is 29.5 Å². The van der Waals surface area contributed by atoms with Gasteiger partial charge >= 0.3 is 0 Å². The van der Waals surface area contributed by atoms with Crippen LogP contribution in [-0.4, -0.2) is 4.43 Å². The Morgan fingerprint density at radius 2 is 0.778 bits per heavy atom. The highest BCUT2D eigenvalue weighted by Gasteiger charge is 1.93. The van der Waals surface area contributed by atoms with Gasteiger partial charge in [0.05, 0.1) is 0 Å². The van der Waals surface area contributed by atoms with Crippen LogP contribution in [0.15, 0.2) is 0 Å². The second-order valence-electron chi connectivity index (χ2n) is 5.29. The lowest BCUT2D eigenvalue weighted by atomic mass is 10.0. The zero-order valence-electron chi connectivity index (χ0n) is 12.0. The summed E-state index contributed by atoms with van der Waals surface area (Å²) in [5.74, 6) is 0. The van der Waals surface area contributed by atoms with Gasteiger partial charge in [0.2, 0.25) is 0 Å². The molecule has 0 aliphatic rings. The molecule has 0 saturated heterocycles. The topological polar surface area (TPSA) is 0 Å². The highest BCUT2D eigenvalue weighted by molar-refractivity contribution is 14.1. The molecule has 0 rings (SSSR count).